The minimum atomic E-state index is 0.954. The zero-order valence-electron chi connectivity index (χ0n) is 18.5. The van der Waals surface area contributed by atoms with E-state index >= 15 is 0 Å². The van der Waals surface area contributed by atoms with E-state index in [9.17, 15) is 0 Å². The van der Waals surface area contributed by atoms with Crippen molar-refractivity contribution >= 4 is 85.8 Å². The molecular weight excluding hydrogens is 456 g/mol. The first-order valence-electron chi connectivity index (χ1n) is 11.3. The van der Waals surface area contributed by atoms with Crippen molar-refractivity contribution in [1.82, 2.24) is 19.9 Å². The summed E-state index contributed by atoms with van der Waals surface area (Å²) in [4.78, 5) is 16.4. The number of imidazole rings is 2. The number of rotatable bonds is 1. The number of fused-ring (bicyclic) bond motifs is 11. The van der Waals surface area contributed by atoms with Crippen LogP contribution in [0.4, 0.5) is 0 Å². The number of nitrogens with zero attached hydrogens (tertiary/aromatic N) is 2. The summed E-state index contributed by atoms with van der Waals surface area (Å²) >= 11 is 3.62. The van der Waals surface area contributed by atoms with Crippen molar-refractivity contribution in [3.63, 3.8) is 0 Å². The summed E-state index contributed by atoms with van der Waals surface area (Å²) in [5, 5.41) is 8.48. The minimum absolute atomic E-state index is 0.954. The fourth-order valence-corrected chi connectivity index (χ4v) is 7.48. The van der Waals surface area contributed by atoms with Crippen LogP contribution in [0, 0.1) is 13.8 Å². The summed E-state index contributed by atoms with van der Waals surface area (Å²) in [6.07, 6.45) is 0. The third-order valence-electron chi connectivity index (χ3n) is 6.82. The van der Waals surface area contributed by atoms with Crippen molar-refractivity contribution in [1.29, 1.82) is 0 Å². The van der Waals surface area contributed by atoms with E-state index in [2.05, 4.69) is 69.9 Å². The molecule has 4 nitrogen and oxygen atoms in total. The van der Waals surface area contributed by atoms with Gasteiger partial charge >= 0.3 is 0 Å². The van der Waals surface area contributed by atoms with Crippen LogP contribution < -0.4 is 0 Å². The Balaban J connectivity index is 1.38. The van der Waals surface area contributed by atoms with E-state index in [1.807, 2.05) is 25.2 Å². The minimum Gasteiger partial charge on any atom is -0.342 e. The van der Waals surface area contributed by atoms with Gasteiger partial charge in [0.05, 0.1) is 21.3 Å². The topological polar surface area (TPSA) is 57.4 Å². The van der Waals surface area contributed by atoms with Gasteiger partial charge in [-0.15, -0.1) is 22.7 Å². The van der Waals surface area contributed by atoms with E-state index in [4.69, 9.17) is 9.97 Å². The van der Waals surface area contributed by atoms with Crippen LogP contribution in [0.15, 0.2) is 60.0 Å². The van der Waals surface area contributed by atoms with E-state index in [1.165, 1.54) is 52.2 Å². The molecule has 0 aliphatic carbocycles. The molecule has 34 heavy (non-hydrogen) atoms. The smallest absolute Gasteiger partial charge is 0.106 e. The predicted octanol–water partition coefficient (Wildman–Crippen LogP) is 8.46. The second-order valence-corrected chi connectivity index (χ2v) is 10.9. The van der Waals surface area contributed by atoms with Gasteiger partial charge in [-0.2, -0.15) is 0 Å². The molecule has 4 aromatic heterocycles. The summed E-state index contributed by atoms with van der Waals surface area (Å²) in [5.74, 6) is 1.91. The lowest BCUT2D eigenvalue weighted by atomic mass is 9.98. The largest absolute Gasteiger partial charge is 0.342 e. The lowest BCUT2D eigenvalue weighted by Gasteiger charge is -2.07. The first-order valence-corrected chi connectivity index (χ1v) is 12.9. The lowest BCUT2D eigenvalue weighted by Crippen LogP contribution is -1.82. The lowest BCUT2D eigenvalue weighted by molar-refractivity contribution is 1.17. The number of thiophene rings is 2. The molecule has 8 rings (SSSR count). The van der Waals surface area contributed by atoms with Crippen LogP contribution in [-0.2, 0) is 0 Å². The van der Waals surface area contributed by atoms with Gasteiger partial charge in [0.1, 0.15) is 17.2 Å². The maximum Gasteiger partial charge on any atom is 0.106 e. The van der Waals surface area contributed by atoms with Gasteiger partial charge in [-0.05, 0) is 54.6 Å². The number of nitrogens with one attached hydrogen (secondary N) is 2. The first kappa shape index (κ1) is 18.7. The van der Waals surface area contributed by atoms with Crippen molar-refractivity contribution in [3.8, 4) is 11.1 Å². The van der Waals surface area contributed by atoms with Crippen LogP contribution in [0.2, 0.25) is 0 Å². The number of benzene rings is 4. The molecule has 0 radical (unpaired) electrons. The number of hydrogen-bond donors (Lipinski definition) is 2. The maximum atomic E-state index is 4.77. The number of aryl methyl sites for hydroxylation is 2. The number of hydrogen-bond acceptors (Lipinski definition) is 4. The molecule has 0 aliphatic rings. The Hall–Kier alpha value is -3.74. The Morgan fingerprint density at radius 2 is 1.41 bits per heavy atom. The number of H-pyrrole nitrogens is 2. The highest BCUT2D eigenvalue weighted by molar-refractivity contribution is 7.26. The van der Waals surface area contributed by atoms with Gasteiger partial charge in [0.2, 0.25) is 0 Å². The summed E-state index contributed by atoms with van der Waals surface area (Å²) in [6.45, 7) is 4.04. The highest BCUT2D eigenvalue weighted by Gasteiger charge is 2.15. The molecule has 4 heterocycles. The van der Waals surface area contributed by atoms with Gasteiger partial charge in [-0.3, -0.25) is 0 Å². The number of aromatic amines is 2. The Bertz CT molecular complexity index is 2100. The molecule has 4 aromatic carbocycles. The third kappa shape index (κ3) is 2.41. The second kappa shape index (κ2) is 6.44. The molecule has 8 aromatic rings. The average Bonchev–Trinajstić information content (AvgIpc) is 3.61. The summed E-state index contributed by atoms with van der Waals surface area (Å²) in [5.41, 5.74) is 6.84. The molecule has 0 aliphatic heterocycles. The van der Waals surface area contributed by atoms with Crippen LogP contribution in [0.3, 0.4) is 0 Å². The zero-order valence-corrected chi connectivity index (χ0v) is 20.1. The molecule has 0 saturated carbocycles. The maximum absolute atomic E-state index is 4.77. The van der Waals surface area contributed by atoms with Crippen LogP contribution in [0.5, 0.6) is 0 Å². The molecule has 0 bridgehead atoms. The fourth-order valence-electron chi connectivity index (χ4n) is 5.32. The molecule has 0 amide bonds. The second-order valence-electron chi connectivity index (χ2n) is 8.94. The monoisotopic (exact) mass is 474 g/mol. The Kier molecular flexibility index (Phi) is 3.53. The van der Waals surface area contributed by atoms with Gasteiger partial charge in [0, 0.05) is 36.3 Å². The SMILES string of the molecule is Cc1nc2c(ccc3c4ccc(-c5ccc6c(c5)c5sccc5c5nc(C)[nH]c65)cc4sc32)[nH]1. The predicted molar refractivity (Wildman–Crippen MR) is 146 cm³/mol. The van der Waals surface area contributed by atoms with E-state index in [0.29, 0.717) is 0 Å². The summed E-state index contributed by atoms with van der Waals surface area (Å²) < 4.78 is 3.85. The van der Waals surface area contributed by atoms with Gasteiger partial charge in [-0.1, -0.05) is 30.3 Å². The van der Waals surface area contributed by atoms with Crippen molar-refractivity contribution in [2.24, 2.45) is 0 Å². The van der Waals surface area contributed by atoms with Crippen molar-refractivity contribution in [2.75, 3.05) is 0 Å². The van der Waals surface area contributed by atoms with Crippen LogP contribution >= 0.6 is 22.7 Å². The molecule has 2 N–H and O–H groups in total. The standard InChI is InChI=1S/C28H18N4S2/c1-13-29-22-8-7-19-17-5-3-16(12-23(17)34-28(19)26(22)32-13)15-4-6-18-21(11-15)27-20(9-10-33-27)25-24(18)30-14(2)31-25/h3-12H,1-2H3,(H,29,32)(H,30,31). The van der Waals surface area contributed by atoms with Gasteiger partial charge in [-0.25, -0.2) is 9.97 Å². The van der Waals surface area contributed by atoms with Gasteiger partial charge in [0.25, 0.3) is 0 Å². The highest BCUT2D eigenvalue weighted by atomic mass is 32.1. The van der Waals surface area contributed by atoms with E-state index < -0.39 is 0 Å². The van der Waals surface area contributed by atoms with Crippen molar-refractivity contribution in [2.45, 2.75) is 13.8 Å². The van der Waals surface area contributed by atoms with E-state index in [1.54, 1.807) is 11.3 Å². The summed E-state index contributed by atoms with van der Waals surface area (Å²) in [7, 11) is 0. The van der Waals surface area contributed by atoms with Crippen LogP contribution in [-0.4, -0.2) is 19.9 Å². The molecule has 0 fully saturated rings. The van der Waals surface area contributed by atoms with Crippen molar-refractivity contribution < 1.29 is 0 Å². The van der Waals surface area contributed by atoms with E-state index in [-0.39, 0.29) is 0 Å². The molecular formula is C28H18N4S2. The molecule has 0 unspecified atom stereocenters. The molecule has 0 spiro atoms. The molecule has 162 valence electrons. The molecule has 0 atom stereocenters. The quantitative estimate of drug-likeness (QED) is 0.251. The third-order valence-corrected chi connectivity index (χ3v) is 8.94. The Morgan fingerprint density at radius 1 is 0.647 bits per heavy atom. The van der Waals surface area contributed by atoms with Crippen molar-refractivity contribution in [3.05, 3.63) is 71.6 Å². The van der Waals surface area contributed by atoms with Crippen LogP contribution in [0.1, 0.15) is 11.6 Å². The molecule has 6 heteroatoms. The number of aromatic nitrogens is 4. The van der Waals surface area contributed by atoms with Gasteiger partial charge in [0.15, 0.2) is 0 Å². The van der Waals surface area contributed by atoms with Gasteiger partial charge < -0.3 is 9.97 Å². The molecule has 0 saturated heterocycles. The zero-order chi connectivity index (χ0) is 22.6. The Labute approximate surface area is 201 Å². The summed E-state index contributed by atoms with van der Waals surface area (Å²) in [6, 6.07) is 20.2. The van der Waals surface area contributed by atoms with Crippen LogP contribution in [0.25, 0.3) is 74.2 Å². The average molecular weight is 475 g/mol. The highest BCUT2D eigenvalue weighted by Crippen LogP contribution is 2.41. The normalized spacial score (nSPS) is 12.4. The van der Waals surface area contributed by atoms with E-state index in [0.717, 1.165) is 33.7 Å². The fraction of sp³-hybridized carbons (Fsp3) is 0.0714. The first-order chi connectivity index (χ1) is 16.6. The Morgan fingerprint density at radius 3 is 2.32 bits per heavy atom.